The summed E-state index contributed by atoms with van der Waals surface area (Å²) in [6.07, 6.45) is 15.7. The molecule has 802 valence electrons. The largest absolute Gasteiger partial charge is 0.459 e. The number of unbranched alkanes of at least 4 members (excludes halogenated alkanes) is 2. The predicted octanol–water partition coefficient (Wildman–Crippen LogP) is 25.9. The Morgan fingerprint density at radius 2 is 0.389 bits per heavy atom. The van der Waals surface area contributed by atoms with Gasteiger partial charge >= 0.3 is 35.8 Å². The quantitative estimate of drug-likeness (QED) is 0.0202. The minimum Gasteiger partial charge on any atom is -0.459 e. The summed E-state index contributed by atoms with van der Waals surface area (Å²) < 4.78 is 40.4. The molecule has 0 saturated heterocycles. The number of fused-ring (bicyclic) bond motifs is 14. The molecule has 0 radical (unpaired) electrons. The van der Waals surface area contributed by atoms with E-state index in [9.17, 15) is 28.8 Å². The van der Waals surface area contributed by atoms with Gasteiger partial charge < -0.3 is 55.3 Å². The van der Waals surface area contributed by atoms with Gasteiger partial charge in [0, 0.05) is 0 Å². The molecule has 0 spiro atoms. The standard InChI is InChI=1S/C25H34NO2.C24H32NO2.C22H28NO2.C21H34NO2.C20H32NO2.C19H22NO2/c1-4-7-17-26(6-3,16-5-2)18-19-28-25(27)24-22-14-10-8-12-20(22)21-13-9-11-15-23(21)24;1-4-15-25(6-3,16-5-2)17-18-27-24(26)23-21-13-9-7-11-19(21)20-12-8-10-14-22(20)23;1-4-23(5-2,6-3)15-16-25-22(24)21-19-13-9-7-11-17(19)18-12-8-10-14-20(18)21;1-4-7-15-22(6-3,14-5-2)16-17-24-21(23)20-13-12-18-10-8-9-11-19(18)20;1-4-13-21(6-3,14-5-2)15-16-23-20(22)19-12-11-17-9-7-8-10-18(17)19;1-20(2,3)12-13-22-19(21)18-16-10-6-4-8-14(16)15-9-5-7-11-17(15)18/h8-15,24H,4-7,16-19H2,1-3H3;7-14,23H,4-6,15-18H2,1-3H3;7-14,21H,4-6,15-16H2,1-3H3;8-11,20H,4-7,12-17H2,1-3H3;7-10,19H,4-6,11-16H2,1-3H3;4-11,18H,12-13H2,1-3H3/q6*+1. The number of carbonyl (C=O) groups excluding carboxylic acids is 6. The molecular formula is C131H182N6O12+6. The van der Waals surface area contributed by atoms with E-state index in [4.69, 9.17) is 28.4 Å². The van der Waals surface area contributed by atoms with Gasteiger partial charge in [-0.15, -0.1) is 0 Å². The maximum atomic E-state index is 13.1. The number of nitrogens with zero attached hydrogens (tertiary/aromatic N) is 6. The molecular weight excluding hydrogens is 1850 g/mol. The highest BCUT2D eigenvalue weighted by atomic mass is 16.6. The summed E-state index contributed by atoms with van der Waals surface area (Å²) in [6.45, 7) is 59.0. The highest BCUT2D eigenvalue weighted by Crippen LogP contribution is 2.50. The van der Waals surface area contributed by atoms with Crippen LogP contribution in [0, 0.1) is 0 Å². The van der Waals surface area contributed by atoms with Crippen LogP contribution in [0.25, 0.3) is 44.5 Å². The van der Waals surface area contributed by atoms with E-state index in [2.05, 4.69) is 234 Å². The molecule has 6 aliphatic carbocycles. The van der Waals surface area contributed by atoms with Gasteiger partial charge in [-0.05, 0) is 237 Å². The second-order valence-corrected chi connectivity index (χ2v) is 43.1. The zero-order valence-electron chi connectivity index (χ0n) is 94.1. The molecule has 10 aromatic carbocycles. The first-order valence-corrected chi connectivity index (χ1v) is 57.2. The summed E-state index contributed by atoms with van der Waals surface area (Å²) >= 11 is 0. The molecule has 149 heavy (non-hydrogen) atoms. The third-order valence-corrected chi connectivity index (χ3v) is 33.0. The van der Waals surface area contributed by atoms with Crippen molar-refractivity contribution < 1.29 is 84.1 Å². The number of esters is 6. The maximum Gasteiger partial charge on any atom is 0.318 e. The Balaban J connectivity index is 0.000000170. The summed E-state index contributed by atoms with van der Waals surface area (Å²) in [5.41, 5.74) is 22.7. The molecule has 10 aromatic rings. The van der Waals surface area contributed by atoms with Gasteiger partial charge in [0.05, 0.1) is 131 Å². The fourth-order valence-corrected chi connectivity index (χ4v) is 24.1. The average molecular weight is 2030 g/mol. The number of aryl methyl sites for hydroxylation is 2. The van der Waals surface area contributed by atoms with Gasteiger partial charge in [-0.1, -0.05) is 311 Å². The number of carbonyl (C=O) groups is 6. The molecule has 0 fully saturated rings. The highest BCUT2D eigenvalue weighted by molar-refractivity contribution is 5.97. The van der Waals surface area contributed by atoms with Crippen molar-refractivity contribution in [1.29, 1.82) is 0 Å². The number of quaternary nitrogens is 6. The van der Waals surface area contributed by atoms with E-state index in [1.165, 1.54) is 99.9 Å². The first-order chi connectivity index (χ1) is 72.2. The van der Waals surface area contributed by atoms with Crippen LogP contribution in [0.15, 0.2) is 243 Å². The van der Waals surface area contributed by atoms with Crippen LogP contribution < -0.4 is 0 Å². The molecule has 0 N–H and O–H groups in total. The summed E-state index contributed by atoms with van der Waals surface area (Å²) in [6, 6.07) is 81.9. The van der Waals surface area contributed by atoms with E-state index in [0.29, 0.717) is 39.6 Å². The molecule has 16 rings (SSSR count). The fraction of sp³-hybridized carbons (Fsp3) is 0.496. The highest BCUT2D eigenvalue weighted by Gasteiger charge is 2.42. The molecule has 4 unspecified atom stereocenters. The Morgan fingerprint density at radius 3 is 0.591 bits per heavy atom. The SMILES string of the molecule is CCCC[N+](CC)(CCC)CCOC(=O)C1CCc2ccccc21.CCCC[N+](CC)(CCC)CCOC(=O)C1c2ccccc2-c2ccccc21.CCC[N+](CC)(CCC)CCOC(=O)C1CCc2ccccc21.CCC[N+](CC)(CCC)CCOC(=O)C1c2ccccc2-c2ccccc21.CC[N+](CC)(CC)CCOC(=O)C1c2ccccc2-c2ccccc21.C[N+](C)(C)CCOC(=O)C1c2ccccc2-c2ccccc21. The molecule has 6 aliphatic rings. The Labute approximate surface area is 895 Å². The van der Waals surface area contributed by atoms with Crippen LogP contribution in [0.3, 0.4) is 0 Å². The van der Waals surface area contributed by atoms with Crippen molar-refractivity contribution in [1.82, 2.24) is 0 Å². The van der Waals surface area contributed by atoms with Gasteiger partial charge in [0.15, 0.2) is 0 Å². The van der Waals surface area contributed by atoms with E-state index < -0.39 is 0 Å². The van der Waals surface area contributed by atoms with Crippen LogP contribution in [0.5, 0.6) is 0 Å². The van der Waals surface area contributed by atoms with Crippen LogP contribution in [0.4, 0.5) is 0 Å². The summed E-state index contributed by atoms with van der Waals surface area (Å²) in [7, 11) is 6.27. The van der Waals surface area contributed by atoms with Gasteiger partial charge in [-0.25, -0.2) is 0 Å². The molecule has 4 atom stereocenters. The normalized spacial score (nSPS) is 15.2. The minimum absolute atomic E-state index is 0.0267. The van der Waals surface area contributed by atoms with E-state index in [0.717, 1.165) is 266 Å². The zero-order chi connectivity index (χ0) is 107. The maximum absolute atomic E-state index is 13.1. The second kappa shape index (κ2) is 58.4. The van der Waals surface area contributed by atoms with Crippen molar-refractivity contribution in [2.24, 2.45) is 0 Å². The van der Waals surface area contributed by atoms with E-state index in [-0.39, 0.29) is 71.3 Å². The first-order valence-electron chi connectivity index (χ1n) is 57.2. The zero-order valence-corrected chi connectivity index (χ0v) is 94.1. The van der Waals surface area contributed by atoms with Crippen molar-refractivity contribution in [2.75, 3.05) is 198 Å². The summed E-state index contributed by atoms with van der Waals surface area (Å²) in [5, 5.41) is 0. The lowest BCUT2D eigenvalue weighted by atomic mass is 9.97. The number of benzene rings is 10. The predicted molar refractivity (Wildman–Crippen MR) is 608 cm³/mol. The van der Waals surface area contributed by atoms with Gasteiger partial charge in [-0.3, -0.25) is 28.8 Å². The third-order valence-electron chi connectivity index (χ3n) is 33.0. The first kappa shape index (κ1) is 118. The number of hydrogen-bond acceptors (Lipinski definition) is 12. The van der Waals surface area contributed by atoms with Crippen LogP contribution in [0.2, 0.25) is 0 Å². The summed E-state index contributed by atoms with van der Waals surface area (Å²) in [4.78, 5) is 76.6. The van der Waals surface area contributed by atoms with Gasteiger partial charge in [0.2, 0.25) is 0 Å². The lowest BCUT2D eigenvalue weighted by molar-refractivity contribution is -0.927. The van der Waals surface area contributed by atoms with Gasteiger partial charge in [0.25, 0.3) is 0 Å². The van der Waals surface area contributed by atoms with Gasteiger partial charge in [0.1, 0.15) is 103 Å². The number of ether oxygens (including phenoxy) is 6. The topological polar surface area (TPSA) is 158 Å². The smallest absolute Gasteiger partial charge is 0.318 e. The Bertz CT molecular complexity index is 5690. The monoisotopic (exact) mass is 2030 g/mol. The number of rotatable bonds is 49. The van der Waals surface area contributed by atoms with Crippen LogP contribution in [-0.2, 0) is 70.0 Å². The van der Waals surface area contributed by atoms with Crippen LogP contribution >= 0.6 is 0 Å². The Kier molecular flexibility index (Phi) is 46.3. The molecule has 0 aromatic heterocycles. The van der Waals surface area contributed by atoms with E-state index >= 15 is 0 Å². The van der Waals surface area contributed by atoms with Crippen LogP contribution in [0.1, 0.15) is 283 Å². The van der Waals surface area contributed by atoms with Crippen molar-refractivity contribution in [3.63, 3.8) is 0 Å². The molecule has 0 heterocycles. The van der Waals surface area contributed by atoms with E-state index in [1.807, 2.05) is 133 Å². The molecule has 0 aliphatic heterocycles. The Hall–Kier alpha value is -11.2. The van der Waals surface area contributed by atoms with E-state index in [1.54, 1.807) is 0 Å². The number of likely N-dealkylation sites (N-methyl/N-ethyl adjacent to an activating group) is 6. The summed E-state index contributed by atoms with van der Waals surface area (Å²) in [5.74, 6) is -1.83. The Morgan fingerprint density at radius 1 is 0.208 bits per heavy atom. The molecule has 18 heteroatoms. The van der Waals surface area contributed by atoms with Crippen molar-refractivity contribution in [2.45, 2.75) is 229 Å². The fourth-order valence-electron chi connectivity index (χ4n) is 24.1. The van der Waals surface area contributed by atoms with Gasteiger partial charge in [-0.2, -0.15) is 0 Å². The third kappa shape index (κ3) is 30.4. The lowest BCUT2D eigenvalue weighted by Gasteiger charge is -2.37. The molecule has 18 nitrogen and oxygen atoms in total. The van der Waals surface area contributed by atoms with Crippen molar-refractivity contribution in [3.8, 4) is 44.5 Å². The average Bonchev–Trinajstić information content (AvgIpc) is 1.62. The molecule has 0 amide bonds. The van der Waals surface area contributed by atoms with Crippen molar-refractivity contribution in [3.05, 3.63) is 309 Å². The number of hydrogen-bond donors (Lipinski definition) is 0. The second-order valence-electron chi connectivity index (χ2n) is 43.1. The molecule has 0 saturated carbocycles. The minimum atomic E-state index is -0.294. The van der Waals surface area contributed by atoms with Crippen LogP contribution in [-0.4, -0.2) is 261 Å². The molecule has 0 bridgehead atoms. The lowest BCUT2D eigenvalue weighted by Crippen LogP contribution is -2.51. The van der Waals surface area contributed by atoms with Crippen molar-refractivity contribution >= 4 is 35.8 Å².